The molecule has 0 rings (SSSR count). The van der Waals surface area contributed by atoms with Gasteiger partial charge in [-0.05, 0) is 32.7 Å². The van der Waals surface area contributed by atoms with Crippen molar-refractivity contribution >= 4 is 61.1 Å². The van der Waals surface area contributed by atoms with E-state index < -0.39 is 10.3 Å². The molecule has 0 unspecified atom stereocenters. The number of halogens is 4. The van der Waals surface area contributed by atoms with E-state index >= 15 is 0 Å². The van der Waals surface area contributed by atoms with Crippen LogP contribution in [0, 0.1) is 0 Å². The molecule has 0 fully saturated rings. The van der Waals surface area contributed by atoms with Gasteiger partial charge < -0.3 is 4.74 Å². The Morgan fingerprint density at radius 1 is 1.33 bits per heavy atom. The van der Waals surface area contributed by atoms with Crippen LogP contribution in [-0.2, 0) is 9.53 Å². The Hall–Kier alpha value is 1.04. The van der Waals surface area contributed by atoms with Gasteiger partial charge in [-0.1, -0.05) is 15.9 Å². The van der Waals surface area contributed by atoms with E-state index in [-0.39, 0.29) is 5.97 Å². The Morgan fingerprint density at radius 2 is 1.87 bits per heavy atom. The van der Waals surface area contributed by atoms with Gasteiger partial charge >= 0.3 is 12.0 Å². The molecule has 0 saturated carbocycles. The second-order valence-electron chi connectivity index (χ2n) is 3.68. The topological polar surface area (TPSA) is 26.3 Å². The van der Waals surface area contributed by atoms with Crippen LogP contribution in [0.15, 0.2) is 0 Å². The predicted octanol–water partition coefficient (Wildman–Crippen LogP) is 4.14. The number of carbonyl (C=O) groups excluding carboxylic acids is 1. The number of hydrogen-bond donors (Lipinski definition) is 0. The highest BCUT2D eigenvalue weighted by molar-refractivity contribution is 9.10. The van der Waals surface area contributed by atoms with E-state index in [0.29, 0.717) is 12.7 Å². The number of rotatable bonds is 6. The van der Waals surface area contributed by atoms with E-state index in [9.17, 15) is 4.79 Å². The van der Waals surface area contributed by atoms with Gasteiger partial charge in [0.05, 0.1) is 6.61 Å². The summed E-state index contributed by atoms with van der Waals surface area (Å²) in [7, 11) is 0. The molecular formula is C8H14BrCl3O2Si. The van der Waals surface area contributed by atoms with E-state index in [1.54, 1.807) is 13.8 Å². The maximum atomic E-state index is 11.3. The molecule has 0 heterocycles. The zero-order valence-electron chi connectivity index (χ0n) is 8.66. The fourth-order valence-electron chi connectivity index (χ4n) is 0.764. The summed E-state index contributed by atoms with van der Waals surface area (Å²) in [5.41, 5.74) is 0. The molecule has 0 saturated heterocycles. The molecule has 0 aliphatic carbocycles. The van der Waals surface area contributed by atoms with Crippen molar-refractivity contribution in [2.24, 2.45) is 0 Å². The number of carbonyl (C=O) groups is 1. The van der Waals surface area contributed by atoms with Crippen molar-refractivity contribution < 1.29 is 9.53 Å². The normalized spacial score (nSPS) is 12.7. The smallest absolute Gasteiger partial charge is 0.341 e. The van der Waals surface area contributed by atoms with Crippen molar-refractivity contribution in [2.45, 2.75) is 37.1 Å². The number of unbranched alkanes of at least 4 members (excludes halogenated alkanes) is 1. The van der Waals surface area contributed by atoms with Crippen molar-refractivity contribution in [2.75, 3.05) is 6.61 Å². The van der Waals surface area contributed by atoms with E-state index in [4.69, 9.17) is 38.0 Å². The van der Waals surface area contributed by atoms with Gasteiger partial charge in [0.1, 0.15) is 4.32 Å². The first kappa shape index (κ1) is 16.0. The second kappa shape index (κ2) is 6.69. The van der Waals surface area contributed by atoms with Gasteiger partial charge in [-0.25, -0.2) is 0 Å². The monoisotopic (exact) mass is 354 g/mol. The average Bonchev–Trinajstić information content (AvgIpc) is 1.99. The molecule has 0 aromatic rings. The number of alkyl halides is 1. The van der Waals surface area contributed by atoms with Gasteiger partial charge in [0.25, 0.3) is 0 Å². The van der Waals surface area contributed by atoms with E-state index in [0.717, 1.165) is 12.8 Å². The molecule has 0 spiro atoms. The van der Waals surface area contributed by atoms with Crippen LogP contribution in [-0.4, -0.2) is 22.9 Å². The van der Waals surface area contributed by atoms with Crippen molar-refractivity contribution in [1.29, 1.82) is 0 Å². The second-order valence-corrected chi connectivity index (χ2v) is 14.9. The van der Waals surface area contributed by atoms with E-state index in [1.165, 1.54) is 0 Å². The molecule has 7 heteroatoms. The predicted molar refractivity (Wildman–Crippen MR) is 71.3 cm³/mol. The van der Waals surface area contributed by atoms with Crippen LogP contribution in [0.2, 0.25) is 6.04 Å². The Labute approximate surface area is 114 Å². The highest BCUT2D eigenvalue weighted by Gasteiger charge is 2.26. The molecule has 90 valence electrons. The summed E-state index contributed by atoms with van der Waals surface area (Å²) in [6, 6.07) is -1.90. The summed E-state index contributed by atoms with van der Waals surface area (Å²) in [5.74, 6) is -0.270. The first-order valence-electron chi connectivity index (χ1n) is 4.56. The van der Waals surface area contributed by atoms with Crippen molar-refractivity contribution in [3.05, 3.63) is 0 Å². The maximum absolute atomic E-state index is 11.3. The molecule has 0 aliphatic heterocycles. The highest BCUT2D eigenvalue weighted by Crippen LogP contribution is 2.27. The fraction of sp³-hybridized carbons (Fsp3) is 0.875. The van der Waals surface area contributed by atoms with E-state index in [2.05, 4.69) is 15.9 Å². The minimum Gasteiger partial charge on any atom is -0.465 e. The zero-order valence-corrected chi connectivity index (χ0v) is 13.5. The minimum absolute atomic E-state index is 0.270. The SMILES string of the molecule is CC(C)(Br)C(=O)OCCCC[Si](Cl)(Cl)Cl. The zero-order chi connectivity index (χ0) is 12.1. The van der Waals surface area contributed by atoms with Gasteiger partial charge in [0.2, 0.25) is 0 Å². The van der Waals surface area contributed by atoms with Gasteiger partial charge in [-0.2, -0.15) is 0 Å². The molecule has 0 bridgehead atoms. The summed E-state index contributed by atoms with van der Waals surface area (Å²) in [6.45, 7) is 3.86. The number of esters is 1. The fourth-order valence-corrected chi connectivity index (χ4v) is 2.73. The molecule has 2 nitrogen and oxygen atoms in total. The molecule has 0 aliphatic rings. The average molecular weight is 357 g/mol. The quantitative estimate of drug-likeness (QED) is 0.235. The summed E-state index contributed by atoms with van der Waals surface area (Å²) in [6.07, 6.45) is 1.51. The molecule has 0 aromatic heterocycles. The van der Waals surface area contributed by atoms with Crippen LogP contribution in [0.5, 0.6) is 0 Å². The Kier molecular flexibility index (Phi) is 7.16. The maximum Gasteiger partial charge on any atom is 0.341 e. The van der Waals surface area contributed by atoms with Crippen LogP contribution in [0.3, 0.4) is 0 Å². The first-order chi connectivity index (χ1) is 6.63. The lowest BCUT2D eigenvalue weighted by Crippen LogP contribution is -2.26. The largest absolute Gasteiger partial charge is 0.465 e. The molecule has 15 heavy (non-hydrogen) atoms. The van der Waals surface area contributed by atoms with Crippen molar-refractivity contribution in [3.63, 3.8) is 0 Å². The molecule has 0 radical (unpaired) electrons. The minimum atomic E-state index is -2.50. The van der Waals surface area contributed by atoms with Crippen molar-refractivity contribution in [1.82, 2.24) is 0 Å². The van der Waals surface area contributed by atoms with Crippen LogP contribution >= 0.6 is 49.2 Å². The van der Waals surface area contributed by atoms with Crippen LogP contribution in [0.4, 0.5) is 0 Å². The molecule has 0 aromatic carbocycles. The lowest BCUT2D eigenvalue weighted by atomic mass is 10.2. The summed E-state index contributed by atoms with van der Waals surface area (Å²) >= 11 is 20.3. The Bertz CT molecular complexity index is 213. The lowest BCUT2D eigenvalue weighted by molar-refractivity contribution is -0.145. The third-order valence-electron chi connectivity index (χ3n) is 1.57. The number of ether oxygens (including phenoxy) is 1. The third-order valence-corrected chi connectivity index (χ3v) is 4.52. The van der Waals surface area contributed by atoms with Gasteiger partial charge in [0, 0.05) is 0 Å². The molecule has 0 atom stereocenters. The summed E-state index contributed by atoms with van der Waals surface area (Å²) in [4.78, 5) is 11.3. The molecule has 0 N–H and O–H groups in total. The first-order valence-corrected chi connectivity index (χ1v) is 10.6. The highest BCUT2D eigenvalue weighted by atomic mass is 79.9. The summed E-state index contributed by atoms with van der Waals surface area (Å²) in [5, 5.41) is 0. The van der Waals surface area contributed by atoms with Crippen LogP contribution in [0.25, 0.3) is 0 Å². The van der Waals surface area contributed by atoms with E-state index in [1.807, 2.05) is 0 Å². The van der Waals surface area contributed by atoms with Crippen LogP contribution < -0.4 is 0 Å². The summed E-state index contributed by atoms with van der Waals surface area (Å²) < 4.78 is 4.39. The number of hydrogen-bond acceptors (Lipinski definition) is 2. The van der Waals surface area contributed by atoms with Crippen LogP contribution in [0.1, 0.15) is 26.7 Å². The van der Waals surface area contributed by atoms with Gasteiger partial charge in [-0.3, -0.25) is 4.79 Å². The van der Waals surface area contributed by atoms with Gasteiger partial charge in [0.15, 0.2) is 0 Å². The van der Waals surface area contributed by atoms with Crippen molar-refractivity contribution in [3.8, 4) is 0 Å². The Balaban J connectivity index is 3.53. The van der Waals surface area contributed by atoms with Gasteiger partial charge in [-0.15, -0.1) is 33.2 Å². The molecule has 0 amide bonds. The lowest BCUT2D eigenvalue weighted by Gasteiger charge is -2.14. The third kappa shape index (κ3) is 9.94. The molecular weight excluding hydrogens is 342 g/mol. The standard InChI is InChI=1S/C8H14BrCl3O2Si/c1-8(2,9)7(13)14-5-3-4-6-15(10,11)12/h3-6H2,1-2H3. The Morgan fingerprint density at radius 3 is 2.27 bits per heavy atom.